The van der Waals surface area contributed by atoms with Crippen LogP contribution in [-0.2, 0) is 9.53 Å². The van der Waals surface area contributed by atoms with E-state index in [9.17, 15) is 4.79 Å². The fraction of sp³-hybridized carbons (Fsp3) is 0.636. The summed E-state index contributed by atoms with van der Waals surface area (Å²) in [6.07, 6.45) is 5.53. The van der Waals surface area contributed by atoms with E-state index >= 15 is 0 Å². The average molecular weight is 224 g/mol. The first-order chi connectivity index (χ1) is 7.68. The highest BCUT2D eigenvalue weighted by Crippen LogP contribution is 2.21. The molecule has 1 N–H and O–H groups in total. The number of hydrogen-bond donors (Lipinski definition) is 1. The predicted octanol–water partition coefficient (Wildman–Crippen LogP) is 1.42. The van der Waals surface area contributed by atoms with Crippen molar-refractivity contribution in [2.45, 2.75) is 31.7 Å². The lowest BCUT2D eigenvalue weighted by atomic mass is 10.1. The van der Waals surface area contributed by atoms with Crippen molar-refractivity contribution < 1.29 is 14.6 Å². The maximum Gasteiger partial charge on any atom is 0.310 e. The molecule has 0 spiro atoms. The molecule has 1 aromatic heterocycles. The van der Waals surface area contributed by atoms with E-state index in [0.717, 1.165) is 25.0 Å². The fourth-order valence-electron chi connectivity index (χ4n) is 1.85. The largest absolute Gasteiger partial charge is 0.481 e. The number of aliphatic carboxylic acids is 1. The summed E-state index contributed by atoms with van der Waals surface area (Å²) in [5.74, 6) is -1.32. The zero-order chi connectivity index (χ0) is 11.5. The van der Waals surface area contributed by atoms with E-state index in [1.54, 1.807) is 13.1 Å². The fourth-order valence-corrected chi connectivity index (χ4v) is 1.85. The molecular formula is C11H16N2O3. The highest BCUT2D eigenvalue weighted by molar-refractivity contribution is 5.75. The van der Waals surface area contributed by atoms with Crippen LogP contribution in [0.5, 0.6) is 0 Å². The van der Waals surface area contributed by atoms with E-state index in [1.807, 2.05) is 10.9 Å². The maximum absolute atomic E-state index is 10.8. The molecule has 1 saturated heterocycles. The Morgan fingerprint density at radius 1 is 1.75 bits per heavy atom. The maximum atomic E-state index is 10.8. The Morgan fingerprint density at radius 2 is 2.56 bits per heavy atom. The number of nitrogens with zero attached hydrogens (tertiary/aromatic N) is 2. The van der Waals surface area contributed by atoms with Crippen LogP contribution >= 0.6 is 0 Å². The van der Waals surface area contributed by atoms with Crippen LogP contribution in [0.3, 0.4) is 0 Å². The average Bonchev–Trinajstić information content (AvgIpc) is 2.78. The van der Waals surface area contributed by atoms with Gasteiger partial charge in [0.1, 0.15) is 0 Å². The zero-order valence-electron chi connectivity index (χ0n) is 9.30. The molecule has 5 heteroatoms. The van der Waals surface area contributed by atoms with Crippen molar-refractivity contribution in [3.63, 3.8) is 0 Å². The van der Waals surface area contributed by atoms with Gasteiger partial charge in [0.05, 0.1) is 24.8 Å². The van der Waals surface area contributed by atoms with Gasteiger partial charge in [0.25, 0.3) is 0 Å². The van der Waals surface area contributed by atoms with Crippen LogP contribution in [-0.4, -0.2) is 34.1 Å². The van der Waals surface area contributed by atoms with Crippen molar-refractivity contribution in [3.05, 3.63) is 18.0 Å². The van der Waals surface area contributed by atoms with Crippen LogP contribution in [0.4, 0.5) is 0 Å². The Hall–Kier alpha value is -1.36. The molecule has 0 bridgehead atoms. The smallest absolute Gasteiger partial charge is 0.310 e. The quantitative estimate of drug-likeness (QED) is 0.843. The highest BCUT2D eigenvalue weighted by Gasteiger charge is 2.20. The predicted molar refractivity (Wildman–Crippen MR) is 57.4 cm³/mol. The van der Waals surface area contributed by atoms with E-state index in [1.165, 1.54) is 0 Å². The van der Waals surface area contributed by atoms with Crippen LogP contribution in [0.1, 0.15) is 37.3 Å². The lowest BCUT2D eigenvalue weighted by Crippen LogP contribution is -2.21. The Balaban J connectivity index is 2.09. The van der Waals surface area contributed by atoms with Crippen LogP contribution in [0, 0.1) is 0 Å². The second-order valence-corrected chi connectivity index (χ2v) is 4.18. The summed E-state index contributed by atoms with van der Waals surface area (Å²) in [7, 11) is 0. The molecular weight excluding hydrogens is 208 g/mol. The number of aromatic nitrogens is 2. The van der Waals surface area contributed by atoms with Gasteiger partial charge >= 0.3 is 5.97 Å². The van der Waals surface area contributed by atoms with Gasteiger partial charge in [0.2, 0.25) is 0 Å². The minimum Gasteiger partial charge on any atom is -0.481 e. The third kappa shape index (κ3) is 2.24. The van der Waals surface area contributed by atoms with Gasteiger partial charge in [-0.05, 0) is 19.8 Å². The molecule has 16 heavy (non-hydrogen) atoms. The number of ether oxygens (including phenoxy) is 1. The molecule has 0 aromatic carbocycles. The van der Waals surface area contributed by atoms with Gasteiger partial charge in [-0.25, -0.2) is 0 Å². The number of hydrogen-bond acceptors (Lipinski definition) is 3. The Kier molecular flexibility index (Phi) is 3.24. The molecule has 2 heterocycles. The van der Waals surface area contributed by atoms with Crippen LogP contribution in [0.2, 0.25) is 0 Å². The topological polar surface area (TPSA) is 64.3 Å². The second-order valence-electron chi connectivity index (χ2n) is 4.18. The van der Waals surface area contributed by atoms with Crippen molar-refractivity contribution in [2.24, 2.45) is 0 Å². The summed E-state index contributed by atoms with van der Waals surface area (Å²) < 4.78 is 7.20. The summed E-state index contributed by atoms with van der Waals surface area (Å²) in [6.45, 7) is 3.15. The van der Waals surface area contributed by atoms with E-state index in [-0.39, 0.29) is 6.04 Å². The van der Waals surface area contributed by atoms with Gasteiger partial charge in [-0.15, -0.1) is 0 Å². The number of rotatable bonds is 3. The number of carboxylic acids is 1. The van der Waals surface area contributed by atoms with Crippen LogP contribution in [0.25, 0.3) is 0 Å². The zero-order valence-corrected chi connectivity index (χ0v) is 9.30. The first-order valence-corrected chi connectivity index (χ1v) is 5.53. The molecule has 88 valence electrons. The molecule has 2 atom stereocenters. The highest BCUT2D eigenvalue weighted by atomic mass is 16.5. The second kappa shape index (κ2) is 4.65. The monoisotopic (exact) mass is 224 g/mol. The van der Waals surface area contributed by atoms with E-state index < -0.39 is 11.9 Å². The van der Waals surface area contributed by atoms with Gasteiger partial charge in [-0.1, -0.05) is 0 Å². The van der Waals surface area contributed by atoms with Crippen molar-refractivity contribution >= 4 is 5.97 Å². The van der Waals surface area contributed by atoms with Gasteiger partial charge in [0.15, 0.2) is 0 Å². The van der Waals surface area contributed by atoms with Gasteiger partial charge in [-0.2, -0.15) is 5.10 Å². The minimum absolute atomic E-state index is 0.253. The Labute approximate surface area is 94.0 Å². The lowest BCUT2D eigenvalue weighted by Gasteiger charge is -2.22. The molecule has 0 radical (unpaired) electrons. The summed E-state index contributed by atoms with van der Waals surface area (Å²) in [5, 5.41) is 13.1. The van der Waals surface area contributed by atoms with Crippen molar-refractivity contribution in [2.75, 3.05) is 13.2 Å². The first kappa shape index (κ1) is 11.1. The molecule has 2 rings (SSSR count). The summed E-state index contributed by atoms with van der Waals surface area (Å²) >= 11 is 0. The van der Waals surface area contributed by atoms with Gasteiger partial charge in [-0.3, -0.25) is 9.48 Å². The summed E-state index contributed by atoms with van der Waals surface area (Å²) in [5.41, 5.74) is 0.748. The van der Waals surface area contributed by atoms with E-state index in [4.69, 9.17) is 9.84 Å². The third-order valence-corrected chi connectivity index (χ3v) is 3.00. The van der Waals surface area contributed by atoms with E-state index in [0.29, 0.717) is 6.61 Å². The normalized spacial score (nSPS) is 22.9. The standard InChI is InChI=1S/C11H16N2O3/c1-8(11(14)15)9-5-12-13(6-9)10-3-2-4-16-7-10/h5-6,8,10H,2-4,7H2,1H3,(H,14,15). The lowest BCUT2D eigenvalue weighted by molar-refractivity contribution is -0.138. The molecule has 0 aliphatic carbocycles. The van der Waals surface area contributed by atoms with Gasteiger partial charge < -0.3 is 9.84 Å². The molecule has 5 nitrogen and oxygen atoms in total. The SMILES string of the molecule is CC(C(=O)O)c1cnn(C2CCCOC2)c1. The minimum atomic E-state index is -0.820. The van der Waals surface area contributed by atoms with Crippen molar-refractivity contribution in [1.82, 2.24) is 9.78 Å². The Morgan fingerprint density at radius 3 is 3.19 bits per heavy atom. The third-order valence-electron chi connectivity index (χ3n) is 3.00. The molecule has 1 aliphatic rings. The number of carbonyl (C=O) groups is 1. The molecule has 0 saturated carbocycles. The molecule has 1 aromatic rings. The molecule has 0 amide bonds. The first-order valence-electron chi connectivity index (χ1n) is 5.53. The summed E-state index contributed by atoms with van der Waals surface area (Å²) in [6, 6.07) is 0.253. The summed E-state index contributed by atoms with van der Waals surface area (Å²) in [4.78, 5) is 10.8. The van der Waals surface area contributed by atoms with Crippen molar-refractivity contribution in [1.29, 1.82) is 0 Å². The van der Waals surface area contributed by atoms with Crippen LogP contribution in [0.15, 0.2) is 12.4 Å². The molecule has 1 aliphatic heterocycles. The number of carboxylic acid groups (broad SMARTS) is 1. The van der Waals surface area contributed by atoms with E-state index in [2.05, 4.69) is 5.10 Å². The molecule has 2 unspecified atom stereocenters. The van der Waals surface area contributed by atoms with Crippen molar-refractivity contribution in [3.8, 4) is 0 Å². The van der Waals surface area contributed by atoms with Crippen LogP contribution < -0.4 is 0 Å². The van der Waals surface area contributed by atoms with Gasteiger partial charge in [0, 0.05) is 18.4 Å². The Bertz CT molecular complexity index is 369. The molecule has 1 fully saturated rings.